The van der Waals surface area contributed by atoms with Gasteiger partial charge in [-0.3, -0.25) is 4.79 Å². The molecule has 3 amide bonds. The molecule has 1 aliphatic rings. The fourth-order valence-corrected chi connectivity index (χ4v) is 3.48. The number of likely N-dealkylation sites (N-methyl/N-ethyl adjacent to an activating group) is 1. The van der Waals surface area contributed by atoms with Gasteiger partial charge in [-0.1, -0.05) is 28.1 Å². The van der Waals surface area contributed by atoms with Crippen LogP contribution in [0.5, 0.6) is 5.75 Å². The van der Waals surface area contributed by atoms with Crippen molar-refractivity contribution in [1.29, 1.82) is 0 Å². The summed E-state index contributed by atoms with van der Waals surface area (Å²) in [7, 11) is 3.41. The van der Waals surface area contributed by atoms with Gasteiger partial charge in [0.15, 0.2) is 0 Å². The third kappa shape index (κ3) is 4.80. The lowest BCUT2D eigenvalue weighted by molar-refractivity contribution is -0.133. The number of nitrogens with one attached hydrogen (secondary N) is 2. The predicted octanol–water partition coefficient (Wildman–Crippen LogP) is 3.59. The van der Waals surface area contributed by atoms with E-state index in [0.717, 1.165) is 15.8 Å². The summed E-state index contributed by atoms with van der Waals surface area (Å²) in [5.41, 5.74) is 1.75. The molecule has 1 fully saturated rings. The minimum atomic E-state index is -0.321. The summed E-state index contributed by atoms with van der Waals surface area (Å²) in [5, 5.41) is 5.79. The SMILES string of the molecule is COc1ccc(C2CN(C)C(=O)CC2NC(=O)Nc2ccc(Br)cc2)cc1. The standard InChI is InChI=1S/C20H22BrN3O3/c1-24-12-17(13-3-9-16(27-2)10-4-13)18(11-19(24)25)23-20(26)22-15-7-5-14(21)6-8-15/h3-10,17-18H,11-12H2,1-2H3,(H2,22,23,26). The van der Waals surface area contributed by atoms with Crippen LogP contribution in [0.25, 0.3) is 0 Å². The average molecular weight is 432 g/mol. The first kappa shape index (κ1) is 19.2. The molecule has 0 aromatic heterocycles. The van der Waals surface area contributed by atoms with Crippen LogP contribution in [0.3, 0.4) is 0 Å². The number of carbonyl (C=O) groups is 2. The second-order valence-electron chi connectivity index (χ2n) is 6.57. The Labute approximate surface area is 167 Å². The van der Waals surface area contributed by atoms with Gasteiger partial charge in [0.2, 0.25) is 5.91 Å². The number of amides is 3. The van der Waals surface area contributed by atoms with Gasteiger partial charge in [-0.2, -0.15) is 0 Å². The summed E-state index contributed by atoms with van der Waals surface area (Å²) in [6.45, 7) is 0.550. The topological polar surface area (TPSA) is 70.7 Å². The number of likely N-dealkylation sites (tertiary alicyclic amines) is 1. The van der Waals surface area contributed by atoms with E-state index in [4.69, 9.17) is 4.74 Å². The first-order valence-electron chi connectivity index (χ1n) is 8.67. The molecular weight excluding hydrogens is 410 g/mol. The van der Waals surface area contributed by atoms with Crippen LogP contribution in [0.1, 0.15) is 17.9 Å². The zero-order chi connectivity index (χ0) is 19.4. The molecule has 1 saturated heterocycles. The quantitative estimate of drug-likeness (QED) is 0.776. The van der Waals surface area contributed by atoms with Gasteiger partial charge in [0.1, 0.15) is 5.75 Å². The number of benzene rings is 2. The number of hydrogen-bond acceptors (Lipinski definition) is 3. The van der Waals surface area contributed by atoms with Crippen LogP contribution in [0, 0.1) is 0 Å². The Balaban J connectivity index is 1.73. The van der Waals surface area contributed by atoms with Crippen molar-refractivity contribution in [2.45, 2.75) is 18.4 Å². The van der Waals surface area contributed by atoms with Crippen LogP contribution < -0.4 is 15.4 Å². The number of anilines is 1. The molecule has 7 heteroatoms. The van der Waals surface area contributed by atoms with Crippen LogP contribution in [-0.2, 0) is 4.79 Å². The van der Waals surface area contributed by atoms with E-state index in [9.17, 15) is 9.59 Å². The average Bonchev–Trinajstić information content (AvgIpc) is 2.66. The van der Waals surface area contributed by atoms with Crippen LogP contribution in [-0.4, -0.2) is 43.6 Å². The van der Waals surface area contributed by atoms with Crippen molar-refractivity contribution in [3.05, 3.63) is 58.6 Å². The van der Waals surface area contributed by atoms with Gasteiger partial charge < -0.3 is 20.3 Å². The summed E-state index contributed by atoms with van der Waals surface area (Å²) in [5.74, 6) is 0.805. The second kappa shape index (κ2) is 8.43. The Morgan fingerprint density at radius 1 is 1.15 bits per heavy atom. The summed E-state index contributed by atoms with van der Waals surface area (Å²) < 4.78 is 6.15. The first-order chi connectivity index (χ1) is 13.0. The molecule has 3 rings (SSSR count). The van der Waals surface area contributed by atoms with E-state index in [-0.39, 0.29) is 30.3 Å². The van der Waals surface area contributed by atoms with E-state index in [0.29, 0.717) is 12.2 Å². The number of piperidine rings is 1. The number of urea groups is 1. The number of ether oxygens (including phenoxy) is 1. The number of halogens is 1. The van der Waals surface area contributed by atoms with Crippen molar-refractivity contribution >= 4 is 33.6 Å². The van der Waals surface area contributed by atoms with E-state index in [1.165, 1.54) is 0 Å². The summed E-state index contributed by atoms with van der Waals surface area (Å²) in [4.78, 5) is 26.3. The third-order valence-electron chi connectivity index (χ3n) is 4.74. The second-order valence-corrected chi connectivity index (χ2v) is 7.49. The summed E-state index contributed by atoms with van der Waals surface area (Å²) in [6.07, 6.45) is 0.265. The van der Waals surface area contributed by atoms with E-state index < -0.39 is 0 Å². The molecule has 0 aliphatic carbocycles. The molecule has 2 aromatic carbocycles. The smallest absolute Gasteiger partial charge is 0.319 e. The Bertz CT molecular complexity index is 808. The zero-order valence-electron chi connectivity index (χ0n) is 15.2. The molecule has 142 valence electrons. The van der Waals surface area contributed by atoms with E-state index in [2.05, 4.69) is 26.6 Å². The predicted molar refractivity (Wildman–Crippen MR) is 108 cm³/mol. The van der Waals surface area contributed by atoms with Crippen LogP contribution in [0.15, 0.2) is 53.0 Å². The van der Waals surface area contributed by atoms with Gasteiger partial charge in [-0.25, -0.2) is 4.79 Å². The molecule has 0 bridgehead atoms. The lowest BCUT2D eigenvalue weighted by Crippen LogP contribution is -2.51. The van der Waals surface area contributed by atoms with Crippen molar-refractivity contribution in [3.8, 4) is 5.75 Å². The van der Waals surface area contributed by atoms with Crippen molar-refractivity contribution in [1.82, 2.24) is 10.2 Å². The number of nitrogens with zero attached hydrogens (tertiary/aromatic N) is 1. The van der Waals surface area contributed by atoms with Crippen molar-refractivity contribution < 1.29 is 14.3 Å². The normalized spacial score (nSPS) is 19.5. The maximum atomic E-state index is 12.5. The highest BCUT2D eigenvalue weighted by molar-refractivity contribution is 9.10. The Morgan fingerprint density at radius 3 is 2.44 bits per heavy atom. The molecule has 2 aromatic rings. The van der Waals surface area contributed by atoms with Gasteiger partial charge in [-0.05, 0) is 42.0 Å². The highest BCUT2D eigenvalue weighted by atomic mass is 79.9. The molecule has 27 heavy (non-hydrogen) atoms. The van der Waals surface area contributed by atoms with Crippen LogP contribution in [0.4, 0.5) is 10.5 Å². The van der Waals surface area contributed by atoms with E-state index in [1.807, 2.05) is 48.5 Å². The number of rotatable bonds is 4. The maximum Gasteiger partial charge on any atom is 0.319 e. The Hall–Kier alpha value is -2.54. The maximum absolute atomic E-state index is 12.5. The van der Waals surface area contributed by atoms with Crippen LogP contribution in [0.2, 0.25) is 0 Å². The van der Waals surface area contributed by atoms with Gasteiger partial charge in [-0.15, -0.1) is 0 Å². The van der Waals surface area contributed by atoms with Crippen molar-refractivity contribution in [2.75, 3.05) is 26.0 Å². The molecular formula is C20H22BrN3O3. The third-order valence-corrected chi connectivity index (χ3v) is 5.27. The largest absolute Gasteiger partial charge is 0.497 e. The van der Waals surface area contributed by atoms with Gasteiger partial charge >= 0.3 is 6.03 Å². The molecule has 1 heterocycles. The first-order valence-corrected chi connectivity index (χ1v) is 9.46. The fourth-order valence-electron chi connectivity index (χ4n) is 3.22. The molecule has 1 aliphatic heterocycles. The van der Waals surface area contributed by atoms with Gasteiger partial charge in [0.05, 0.1) is 7.11 Å². The van der Waals surface area contributed by atoms with E-state index in [1.54, 1.807) is 19.1 Å². The lowest BCUT2D eigenvalue weighted by Gasteiger charge is -2.37. The number of carbonyl (C=O) groups excluding carboxylic acids is 2. The number of hydrogen-bond donors (Lipinski definition) is 2. The number of methoxy groups -OCH3 is 1. The zero-order valence-corrected chi connectivity index (χ0v) is 16.8. The molecule has 2 unspecified atom stereocenters. The lowest BCUT2D eigenvalue weighted by atomic mass is 9.86. The monoisotopic (exact) mass is 431 g/mol. The minimum Gasteiger partial charge on any atom is -0.497 e. The minimum absolute atomic E-state index is 0.00859. The Morgan fingerprint density at radius 2 is 1.81 bits per heavy atom. The molecule has 0 saturated carbocycles. The molecule has 6 nitrogen and oxygen atoms in total. The molecule has 2 N–H and O–H groups in total. The van der Waals surface area contributed by atoms with Crippen molar-refractivity contribution in [2.24, 2.45) is 0 Å². The highest BCUT2D eigenvalue weighted by Crippen LogP contribution is 2.29. The summed E-state index contributed by atoms with van der Waals surface area (Å²) >= 11 is 3.37. The van der Waals surface area contributed by atoms with E-state index >= 15 is 0 Å². The highest BCUT2D eigenvalue weighted by Gasteiger charge is 2.34. The molecule has 0 radical (unpaired) electrons. The van der Waals surface area contributed by atoms with Crippen molar-refractivity contribution in [3.63, 3.8) is 0 Å². The van der Waals surface area contributed by atoms with Gasteiger partial charge in [0, 0.05) is 42.1 Å². The fraction of sp³-hybridized carbons (Fsp3) is 0.300. The molecule has 2 atom stereocenters. The van der Waals surface area contributed by atoms with Crippen LogP contribution >= 0.6 is 15.9 Å². The Kier molecular flexibility index (Phi) is 6.01. The summed E-state index contributed by atoms with van der Waals surface area (Å²) in [6, 6.07) is 14.5. The molecule has 0 spiro atoms. The van der Waals surface area contributed by atoms with Gasteiger partial charge in [0.25, 0.3) is 0 Å².